The second-order valence-corrected chi connectivity index (χ2v) is 4.54. The fourth-order valence-corrected chi connectivity index (χ4v) is 1.33. The first-order valence-corrected chi connectivity index (χ1v) is 5.59. The van der Waals surface area contributed by atoms with Gasteiger partial charge in [0, 0.05) is 11.7 Å². The van der Waals surface area contributed by atoms with E-state index in [0.29, 0.717) is 17.2 Å². The van der Waals surface area contributed by atoms with Crippen LogP contribution in [0.1, 0.15) is 36.7 Å². The van der Waals surface area contributed by atoms with Gasteiger partial charge in [-0.3, -0.25) is 4.79 Å². The van der Waals surface area contributed by atoms with Crippen LogP contribution in [0, 0.1) is 12.8 Å². The molecule has 0 saturated carbocycles. The maximum Gasteiger partial charge on any atom is 0.253 e. The topological polar surface area (TPSA) is 55.1 Å². The number of nitrogen functional groups attached to an aromatic ring is 1. The summed E-state index contributed by atoms with van der Waals surface area (Å²) in [6.45, 7) is 8.04. The van der Waals surface area contributed by atoms with Crippen LogP contribution >= 0.6 is 0 Å². The van der Waals surface area contributed by atoms with Crippen LogP contribution in [0.25, 0.3) is 0 Å². The van der Waals surface area contributed by atoms with E-state index in [2.05, 4.69) is 19.2 Å². The highest BCUT2D eigenvalue weighted by Crippen LogP contribution is 2.16. The zero-order valence-electron chi connectivity index (χ0n) is 10.4. The summed E-state index contributed by atoms with van der Waals surface area (Å²) in [5.74, 6) is 0.317. The van der Waals surface area contributed by atoms with Gasteiger partial charge in [0.25, 0.3) is 5.91 Å². The number of nitrogens with two attached hydrogens (primary N) is 1. The number of benzene rings is 1. The smallest absolute Gasteiger partial charge is 0.253 e. The largest absolute Gasteiger partial charge is 0.398 e. The molecule has 3 heteroatoms. The number of carbonyl (C=O) groups is 1. The predicted octanol–water partition coefficient (Wildman–Crippen LogP) is 2.35. The van der Waals surface area contributed by atoms with Crippen molar-refractivity contribution >= 4 is 11.6 Å². The van der Waals surface area contributed by atoms with E-state index < -0.39 is 0 Å². The Bertz CT molecular complexity index is 386. The van der Waals surface area contributed by atoms with E-state index in [9.17, 15) is 4.79 Å². The number of nitrogens with one attached hydrogen (secondary N) is 1. The van der Waals surface area contributed by atoms with Gasteiger partial charge in [0.15, 0.2) is 0 Å². The van der Waals surface area contributed by atoms with Crippen molar-refractivity contribution in [2.75, 3.05) is 5.73 Å². The predicted molar refractivity (Wildman–Crippen MR) is 67.4 cm³/mol. The highest BCUT2D eigenvalue weighted by molar-refractivity contribution is 5.99. The maximum atomic E-state index is 11.9. The zero-order valence-corrected chi connectivity index (χ0v) is 10.4. The average Bonchev–Trinajstić information content (AvgIpc) is 2.21. The molecule has 0 radical (unpaired) electrons. The lowest BCUT2D eigenvalue weighted by Crippen LogP contribution is -2.36. The molecule has 1 rings (SSSR count). The van der Waals surface area contributed by atoms with Crippen molar-refractivity contribution in [1.29, 1.82) is 0 Å². The van der Waals surface area contributed by atoms with Crippen molar-refractivity contribution in [3.8, 4) is 0 Å². The van der Waals surface area contributed by atoms with Crippen LogP contribution in [0.3, 0.4) is 0 Å². The number of anilines is 1. The SMILES string of the molecule is Cc1cccc(C(=O)NC(C)C(C)C)c1N. The number of hydrogen-bond acceptors (Lipinski definition) is 2. The van der Waals surface area contributed by atoms with Gasteiger partial charge in [-0.05, 0) is 31.4 Å². The van der Waals surface area contributed by atoms with Crippen LogP contribution in [0.2, 0.25) is 0 Å². The summed E-state index contributed by atoms with van der Waals surface area (Å²) in [6.07, 6.45) is 0. The van der Waals surface area contributed by atoms with Gasteiger partial charge in [0.05, 0.1) is 5.56 Å². The molecule has 3 nitrogen and oxygen atoms in total. The molecule has 1 aromatic carbocycles. The molecule has 1 amide bonds. The molecule has 0 aromatic heterocycles. The highest BCUT2D eigenvalue weighted by Gasteiger charge is 2.14. The zero-order chi connectivity index (χ0) is 12.3. The molecular weight excluding hydrogens is 200 g/mol. The quantitative estimate of drug-likeness (QED) is 0.768. The summed E-state index contributed by atoms with van der Waals surface area (Å²) in [4.78, 5) is 11.9. The molecule has 0 saturated heterocycles. The molecule has 3 N–H and O–H groups in total. The Kier molecular flexibility index (Phi) is 3.93. The van der Waals surface area contributed by atoms with Gasteiger partial charge in [-0.1, -0.05) is 26.0 Å². The molecule has 0 aliphatic rings. The summed E-state index contributed by atoms with van der Waals surface area (Å²) in [5, 5.41) is 2.94. The molecular formula is C13H20N2O. The number of aryl methyl sites for hydroxylation is 1. The minimum atomic E-state index is -0.0950. The fourth-order valence-electron chi connectivity index (χ4n) is 1.33. The number of rotatable bonds is 3. The van der Waals surface area contributed by atoms with E-state index in [1.165, 1.54) is 0 Å². The van der Waals surface area contributed by atoms with E-state index >= 15 is 0 Å². The lowest BCUT2D eigenvalue weighted by atomic mass is 10.0. The summed E-state index contributed by atoms with van der Waals surface area (Å²) < 4.78 is 0. The molecule has 1 aromatic rings. The second-order valence-electron chi connectivity index (χ2n) is 4.54. The van der Waals surface area contributed by atoms with Crippen molar-refractivity contribution in [3.63, 3.8) is 0 Å². The van der Waals surface area contributed by atoms with E-state index in [4.69, 9.17) is 5.73 Å². The van der Waals surface area contributed by atoms with Crippen LogP contribution < -0.4 is 11.1 Å². The number of para-hydroxylation sites is 1. The van der Waals surface area contributed by atoms with Gasteiger partial charge in [-0.15, -0.1) is 0 Å². The van der Waals surface area contributed by atoms with Crippen LogP contribution in [-0.4, -0.2) is 11.9 Å². The monoisotopic (exact) mass is 220 g/mol. The van der Waals surface area contributed by atoms with Gasteiger partial charge >= 0.3 is 0 Å². The Hall–Kier alpha value is -1.51. The average molecular weight is 220 g/mol. The van der Waals surface area contributed by atoms with Crippen molar-refractivity contribution in [2.45, 2.75) is 33.7 Å². The lowest BCUT2D eigenvalue weighted by Gasteiger charge is -2.18. The van der Waals surface area contributed by atoms with Gasteiger partial charge in [-0.2, -0.15) is 0 Å². The van der Waals surface area contributed by atoms with E-state index in [1.807, 2.05) is 26.0 Å². The summed E-state index contributed by atoms with van der Waals surface area (Å²) >= 11 is 0. The van der Waals surface area contributed by atoms with Gasteiger partial charge < -0.3 is 11.1 Å². The first-order chi connectivity index (χ1) is 7.43. The van der Waals surface area contributed by atoms with Crippen molar-refractivity contribution in [2.24, 2.45) is 5.92 Å². The molecule has 0 aliphatic carbocycles. The lowest BCUT2D eigenvalue weighted by molar-refractivity contribution is 0.0931. The van der Waals surface area contributed by atoms with Crippen LogP contribution in [-0.2, 0) is 0 Å². The molecule has 16 heavy (non-hydrogen) atoms. The van der Waals surface area contributed by atoms with E-state index in [-0.39, 0.29) is 11.9 Å². The first kappa shape index (κ1) is 12.6. The van der Waals surface area contributed by atoms with Gasteiger partial charge in [0.2, 0.25) is 0 Å². The minimum Gasteiger partial charge on any atom is -0.398 e. The van der Waals surface area contributed by atoms with Crippen LogP contribution in [0.4, 0.5) is 5.69 Å². The number of amides is 1. The Morgan fingerprint density at radius 1 is 1.31 bits per heavy atom. The first-order valence-electron chi connectivity index (χ1n) is 5.59. The normalized spacial score (nSPS) is 12.6. The fraction of sp³-hybridized carbons (Fsp3) is 0.462. The third-order valence-electron chi connectivity index (χ3n) is 2.93. The summed E-state index contributed by atoms with van der Waals surface area (Å²) in [7, 11) is 0. The molecule has 0 bridgehead atoms. The third kappa shape index (κ3) is 2.75. The third-order valence-corrected chi connectivity index (χ3v) is 2.93. The second kappa shape index (κ2) is 5.01. The Balaban J connectivity index is 2.85. The summed E-state index contributed by atoms with van der Waals surface area (Å²) in [6, 6.07) is 5.65. The number of carbonyl (C=O) groups excluding carboxylic acids is 1. The molecule has 0 aliphatic heterocycles. The molecule has 0 fully saturated rings. The van der Waals surface area contributed by atoms with Gasteiger partial charge in [-0.25, -0.2) is 0 Å². The minimum absolute atomic E-state index is 0.0950. The standard InChI is InChI=1S/C13H20N2O/c1-8(2)10(4)15-13(16)11-7-5-6-9(3)12(11)14/h5-8,10H,14H2,1-4H3,(H,15,16). The Morgan fingerprint density at radius 3 is 2.50 bits per heavy atom. The summed E-state index contributed by atoms with van der Waals surface area (Å²) in [5.41, 5.74) is 7.94. The highest BCUT2D eigenvalue weighted by atomic mass is 16.1. The van der Waals surface area contributed by atoms with Crippen molar-refractivity contribution in [1.82, 2.24) is 5.32 Å². The van der Waals surface area contributed by atoms with Crippen LogP contribution in [0.5, 0.6) is 0 Å². The molecule has 1 unspecified atom stereocenters. The Morgan fingerprint density at radius 2 is 1.94 bits per heavy atom. The number of hydrogen-bond donors (Lipinski definition) is 2. The van der Waals surface area contributed by atoms with Crippen molar-refractivity contribution < 1.29 is 4.79 Å². The van der Waals surface area contributed by atoms with Gasteiger partial charge in [0.1, 0.15) is 0 Å². The molecule has 0 spiro atoms. The molecule has 1 atom stereocenters. The van der Waals surface area contributed by atoms with E-state index in [1.54, 1.807) is 6.07 Å². The Labute approximate surface area is 97.0 Å². The maximum absolute atomic E-state index is 11.9. The van der Waals surface area contributed by atoms with Crippen molar-refractivity contribution in [3.05, 3.63) is 29.3 Å². The molecule has 0 heterocycles. The van der Waals surface area contributed by atoms with Crippen LogP contribution in [0.15, 0.2) is 18.2 Å². The molecule has 88 valence electrons. The van der Waals surface area contributed by atoms with E-state index in [0.717, 1.165) is 5.56 Å².